The lowest BCUT2D eigenvalue weighted by molar-refractivity contribution is 0.0316. The van der Waals surface area contributed by atoms with E-state index in [1.165, 1.54) is 5.69 Å². The highest BCUT2D eigenvalue weighted by Gasteiger charge is 2.08. The second kappa shape index (κ2) is 18.4. The van der Waals surface area contributed by atoms with Gasteiger partial charge in [-0.1, -0.05) is 0 Å². The Hall–Kier alpha value is -1.42. The molecule has 0 aliphatic rings. The van der Waals surface area contributed by atoms with Gasteiger partial charge in [-0.05, 0) is 38.1 Å². The molecule has 1 aromatic rings. The maximum atomic E-state index is 8.71. The van der Waals surface area contributed by atoms with Gasteiger partial charge in [0.15, 0.2) is 0 Å². The van der Waals surface area contributed by atoms with E-state index in [4.69, 9.17) is 29.2 Å². The predicted octanol–water partition coefficient (Wildman–Crippen LogP) is 1.39. The smallest absolute Gasteiger partial charge is 0.0701 e. The molecule has 0 fully saturated rings. The van der Waals surface area contributed by atoms with Crippen LogP contribution in [0, 0.1) is 0 Å². The van der Waals surface area contributed by atoms with E-state index in [0.29, 0.717) is 52.9 Å². The number of nitrogens with zero attached hydrogens (tertiary/aromatic N) is 2. The Labute approximate surface area is 181 Å². The van der Waals surface area contributed by atoms with Crippen molar-refractivity contribution in [2.24, 2.45) is 0 Å². The summed E-state index contributed by atoms with van der Waals surface area (Å²) in [4.78, 5) is 4.56. The van der Waals surface area contributed by atoms with Crippen molar-refractivity contribution in [1.82, 2.24) is 0 Å². The molecule has 0 bridgehead atoms. The van der Waals surface area contributed by atoms with Crippen LogP contribution in [0.4, 0.5) is 11.4 Å². The normalized spacial score (nSPS) is 11.1. The molecule has 0 atom stereocenters. The predicted molar refractivity (Wildman–Crippen MR) is 120 cm³/mol. The lowest BCUT2D eigenvalue weighted by Crippen LogP contribution is -2.31. The van der Waals surface area contributed by atoms with Crippen LogP contribution in [0.25, 0.3) is 0 Å². The van der Waals surface area contributed by atoms with Gasteiger partial charge in [-0.2, -0.15) is 0 Å². The number of ether oxygens (including phenoxy) is 4. The molecule has 0 radical (unpaired) electrons. The van der Waals surface area contributed by atoms with Crippen molar-refractivity contribution >= 4 is 11.4 Å². The molecule has 174 valence electrons. The van der Waals surface area contributed by atoms with Crippen molar-refractivity contribution in [2.75, 3.05) is 102 Å². The quantitative estimate of drug-likeness (QED) is 0.302. The van der Waals surface area contributed by atoms with Gasteiger partial charge in [0.2, 0.25) is 0 Å². The molecule has 1 rings (SSSR count). The fraction of sp³-hybridized carbons (Fsp3) is 0.727. The third kappa shape index (κ3) is 11.7. The van der Waals surface area contributed by atoms with E-state index in [9.17, 15) is 0 Å². The minimum atomic E-state index is 0.0301. The first kappa shape index (κ1) is 26.6. The largest absolute Gasteiger partial charge is 0.394 e. The van der Waals surface area contributed by atoms with Gasteiger partial charge in [-0.25, -0.2) is 0 Å². The molecule has 0 spiro atoms. The van der Waals surface area contributed by atoms with Crippen LogP contribution >= 0.6 is 0 Å². The highest BCUT2D eigenvalue weighted by Crippen LogP contribution is 2.20. The van der Waals surface area contributed by atoms with Crippen LogP contribution in [0.15, 0.2) is 24.3 Å². The van der Waals surface area contributed by atoms with Gasteiger partial charge < -0.3 is 39.0 Å². The summed E-state index contributed by atoms with van der Waals surface area (Å²) in [5.74, 6) is 0. The van der Waals surface area contributed by atoms with Crippen LogP contribution in [0.3, 0.4) is 0 Å². The topological polar surface area (TPSA) is 83.9 Å². The van der Waals surface area contributed by atoms with E-state index in [-0.39, 0.29) is 13.2 Å². The first-order chi connectivity index (χ1) is 14.8. The number of anilines is 2. The van der Waals surface area contributed by atoms with Crippen molar-refractivity contribution < 1.29 is 29.2 Å². The number of hydrogen-bond acceptors (Lipinski definition) is 8. The summed E-state index contributed by atoms with van der Waals surface area (Å²) in [6, 6.07) is 8.59. The van der Waals surface area contributed by atoms with E-state index in [1.54, 1.807) is 0 Å². The van der Waals surface area contributed by atoms with E-state index in [2.05, 4.69) is 47.9 Å². The van der Waals surface area contributed by atoms with Crippen molar-refractivity contribution in [3.63, 3.8) is 0 Å². The first-order valence-corrected chi connectivity index (χ1v) is 10.9. The van der Waals surface area contributed by atoms with Crippen molar-refractivity contribution in [3.05, 3.63) is 24.3 Å². The lowest BCUT2D eigenvalue weighted by atomic mass is 10.2. The van der Waals surface area contributed by atoms with Crippen molar-refractivity contribution in [2.45, 2.75) is 13.8 Å². The maximum absolute atomic E-state index is 8.71. The van der Waals surface area contributed by atoms with E-state index in [0.717, 1.165) is 31.9 Å². The second-order valence-corrected chi connectivity index (χ2v) is 6.57. The number of benzene rings is 1. The van der Waals surface area contributed by atoms with Crippen LogP contribution in [0.5, 0.6) is 0 Å². The minimum absolute atomic E-state index is 0.0301. The number of aliphatic hydroxyl groups excluding tert-OH is 2. The lowest BCUT2D eigenvalue weighted by Gasteiger charge is -2.26. The van der Waals surface area contributed by atoms with E-state index in [1.807, 2.05) is 0 Å². The number of aliphatic hydroxyl groups is 2. The fourth-order valence-corrected chi connectivity index (χ4v) is 2.96. The van der Waals surface area contributed by atoms with Gasteiger partial charge in [0, 0.05) is 37.6 Å². The zero-order chi connectivity index (χ0) is 21.9. The van der Waals surface area contributed by atoms with E-state index >= 15 is 0 Å². The standard InChI is InChI=1S/C22H40N2O6/c1-3-23(4-2)21-5-7-22(8-6-21)24(9-13-27-17-19-29-15-11-25)10-14-28-18-20-30-16-12-26/h5-8,25-26H,3-4,9-20H2,1-2H3. The summed E-state index contributed by atoms with van der Waals surface area (Å²) in [7, 11) is 0. The van der Waals surface area contributed by atoms with Gasteiger partial charge in [0.05, 0.1) is 66.1 Å². The molecule has 1 aromatic carbocycles. The average molecular weight is 429 g/mol. The van der Waals surface area contributed by atoms with Crippen LogP contribution in [-0.4, -0.2) is 102 Å². The highest BCUT2D eigenvalue weighted by molar-refractivity contribution is 5.56. The Balaban J connectivity index is 2.50. The molecule has 0 amide bonds. The van der Waals surface area contributed by atoms with Crippen molar-refractivity contribution in [3.8, 4) is 0 Å². The molecule has 2 N–H and O–H groups in total. The monoisotopic (exact) mass is 428 g/mol. The Kier molecular flexibility index (Phi) is 16.3. The molecule has 0 aromatic heterocycles. The third-order valence-electron chi connectivity index (χ3n) is 4.57. The summed E-state index contributed by atoms with van der Waals surface area (Å²) in [5, 5.41) is 17.4. The Bertz CT molecular complexity index is 481. The van der Waals surface area contributed by atoms with Gasteiger partial charge in [-0.15, -0.1) is 0 Å². The summed E-state index contributed by atoms with van der Waals surface area (Å²) in [6.45, 7) is 11.7. The summed E-state index contributed by atoms with van der Waals surface area (Å²) >= 11 is 0. The Morgan fingerprint density at radius 3 is 1.30 bits per heavy atom. The van der Waals surface area contributed by atoms with Crippen LogP contribution < -0.4 is 9.80 Å². The van der Waals surface area contributed by atoms with Gasteiger partial charge in [-0.3, -0.25) is 0 Å². The molecule has 0 heterocycles. The average Bonchev–Trinajstić information content (AvgIpc) is 2.78. The minimum Gasteiger partial charge on any atom is -0.394 e. The third-order valence-corrected chi connectivity index (χ3v) is 4.57. The Morgan fingerprint density at radius 2 is 0.933 bits per heavy atom. The first-order valence-electron chi connectivity index (χ1n) is 10.9. The van der Waals surface area contributed by atoms with Gasteiger partial charge in [0.1, 0.15) is 0 Å². The van der Waals surface area contributed by atoms with E-state index < -0.39 is 0 Å². The maximum Gasteiger partial charge on any atom is 0.0701 e. The molecule has 0 aliphatic carbocycles. The zero-order valence-electron chi connectivity index (χ0n) is 18.6. The zero-order valence-corrected chi connectivity index (χ0v) is 18.6. The van der Waals surface area contributed by atoms with Crippen molar-refractivity contribution in [1.29, 1.82) is 0 Å². The SMILES string of the molecule is CCN(CC)c1ccc(N(CCOCCOCCO)CCOCCOCCO)cc1. The van der Waals surface area contributed by atoms with Crippen LogP contribution in [0.1, 0.15) is 13.8 Å². The molecule has 0 aliphatic heterocycles. The van der Waals surface area contributed by atoms with Crippen LogP contribution in [0.2, 0.25) is 0 Å². The summed E-state index contributed by atoms with van der Waals surface area (Å²) in [6.07, 6.45) is 0. The highest BCUT2D eigenvalue weighted by atomic mass is 16.5. The molecule has 0 saturated heterocycles. The molecule has 30 heavy (non-hydrogen) atoms. The molecular weight excluding hydrogens is 388 g/mol. The molecule has 0 unspecified atom stereocenters. The molecular formula is C22H40N2O6. The summed E-state index contributed by atoms with van der Waals surface area (Å²) < 4.78 is 21.7. The number of rotatable bonds is 20. The van der Waals surface area contributed by atoms with Gasteiger partial charge in [0.25, 0.3) is 0 Å². The second-order valence-electron chi connectivity index (χ2n) is 6.57. The van der Waals surface area contributed by atoms with Gasteiger partial charge >= 0.3 is 0 Å². The molecule has 0 saturated carbocycles. The Morgan fingerprint density at radius 1 is 0.567 bits per heavy atom. The van der Waals surface area contributed by atoms with Crippen LogP contribution in [-0.2, 0) is 18.9 Å². The fourth-order valence-electron chi connectivity index (χ4n) is 2.96. The number of hydrogen-bond donors (Lipinski definition) is 2. The summed E-state index contributed by atoms with van der Waals surface area (Å²) in [5.41, 5.74) is 2.35. The molecule has 8 heteroatoms. The molecule has 8 nitrogen and oxygen atoms in total.